The smallest absolute Gasteiger partial charge is 0.0401 e. The van der Waals surface area contributed by atoms with Crippen LogP contribution < -0.4 is 10.6 Å². The van der Waals surface area contributed by atoms with Gasteiger partial charge < -0.3 is 10.6 Å². The topological polar surface area (TPSA) is 29.3 Å². The fraction of sp³-hybridized carbons (Fsp3) is 0.647. The minimum absolute atomic E-state index is 0.232. The number of hydrogen-bond donors (Lipinski definition) is 1. The van der Waals surface area contributed by atoms with E-state index < -0.39 is 0 Å². The van der Waals surface area contributed by atoms with E-state index in [0.717, 1.165) is 12.5 Å². The maximum absolute atomic E-state index is 6.00. The summed E-state index contributed by atoms with van der Waals surface area (Å²) in [6.07, 6.45) is 7.62. The van der Waals surface area contributed by atoms with E-state index >= 15 is 0 Å². The quantitative estimate of drug-likeness (QED) is 0.874. The molecule has 0 spiro atoms. The van der Waals surface area contributed by atoms with Crippen molar-refractivity contribution in [1.82, 2.24) is 0 Å². The van der Waals surface area contributed by atoms with Crippen molar-refractivity contribution >= 4 is 5.69 Å². The first-order valence-corrected chi connectivity index (χ1v) is 7.82. The van der Waals surface area contributed by atoms with Crippen LogP contribution in [0.3, 0.4) is 0 Å². The van der Waals surface area contributed by atoms with E-state index in [0.29, 0.717) is 0 Å². The van der Waals surface area contributed by atoms with Crippen LogP contribution in [0.2, 0.25) is 0 Å². The Morgan fingerprint density at radius 3 is 2.84 bits per heavy atom. The molecule has 1 saturated heterocycles. The molecular weight excluding hydrogens is 232 g/mol. The van der Waals surface area contributed by atoms with Crippen LogP contribution in [0, 0.1) is 0 Å². The minimum atomic E-state index is 0.232. The number of piperidine rings is 1. The molecule has 1 aromatic rings. The van der Waals surface area contributed by atoms with Crippen LogP contribution in [0.1, 0.15) is 51.5 Å². The molecule has 0 aromatic heterocycles. The third-order valence-corrected chi connectivity index (χ3v) is 4.09. The third kappa shape index (κ3) is 3.73. The predicted octanol–water partition coefficient (Wildman–Crippen LogP) is 3.74. The lowest BCUT2D eigenvalue weighted by Gasteiger charge is -2.39. The van der Waals surface area contributed by atoms with Gasteiger partial charge in [-0.15, -0.1) is 0 Å². The van der Waals surface area contributed by atoms with Crippen molar-refractivity contribution in [2.75, 3.05) is 11.4 Å². The largest absolute Gasteiger partial charge is 0.368 e. The maximum Gasteiger partial charge on any atom is 0.0401 e. The molecule has 0 saturated carbocycles. The fourth-order valence-electron chi connectivity index (χ4n) is 3.26. The van der Waals surface area contributed by atoms with E-state index in [9.17, 15) is 0 Å². The summed E-state index contributed by atoms with van der Waals surface area (Å²) in [5.41, 5.74) is 8.84. The Kier molecular flexibility index (Phi) is 5.26. The molecule has 0 amide bonds. The van der Waals surface area contributed by atoms with Gasteiger partial charge in [0.1, 0.15) is 0 Å². The molecule has 0 bridgehead atoms. The second-order valence-corrected chi connectivity index (χ2v) is 5.94. The Labute approximate surface area is 118 Å². The normalized spacial score (nSPS) is 21.4. The van der Waals surface area contributed by atoms with Crippen molar-refractivity contribution in [3.8, 4) is 0 Å². The number of nitrogens with two attached hydrogens (primary N) is 1. The van der Waals surface area contributed by atoms with Crippen LogP contribution in [0.5, 0.6) is 0 Å². The number of anilines is 1. The van der Waals surface area contributed by atoms with Crippen LogP contribution in [0.25, 0.3) is 0 Å². The summed E-state index contributed by atoms with van der Waals surface area (Å²) in [5.74, 6) is 0. The third-order valence-electron chi connectivity index (χ3n) is 4.09. The van der Waals surface area contributed by atoms with Crippen LogP contribution in [0.15, 0.2) is 24.3 Å². The van der Waals surface area contributed by atoms with E-state index in [2.05, 4.69) is 43.0 Å². The Morgan fingerprint density at radius 2 is 2.11 bits per heavy atom. The summed E-state index contributed by atoms with van der Waals surface area (Å²) < 4.78 is 0. The van der Waals surface area contributed by atoms with E-state index in [4.69, 9.17) is 5.73 Å². The van der Waals surface area contributed by atoms with Crippen molar-refractivity contribution < 1.29 is 0 Å². The van der Waals surface area contributed by atoms with Crippen LogP contribution >= 0.6 is 0 Å². The number of rotatable bonds is 5. The molecule has 1 fully saturated rings. The molecule has 1 aliphatic rings. The predicted molar refractivity (Wildman–Crippen MR) is 83.7 cm³/mol. The molecule has 2 unspecified atom stereocenters. The molecule has 19 heavy (non-hydrogen) atoms. The molecule has 1 aromatic carbocycles. The monoisotopic (exact) mass is 260 g/mol. The van der Waals surface area contributed by atoms with Crippen molar-refractivity contribution in [2.45, 2.75) is 64.5 Å². The Hall–Kier alpha value is -1.02. The fourth-order valence-corrected chi connectivity index (χ4v) is 3.26. The maximum atomic E-state index is 6.00. The van der Waals surface area contributed by atoms with Crippen molar-refractivity contribution in [2.24, 2.45) is 5.73 Å². The van der Waals surface area contributed by atoms with Crippen LogP contribution in [-0.2, 0) is 6.42 Å². The van der Waals surface area contributed by atoms with E-state index in [-0.39, 0.29) is 6.04 Å². The highest BCUT2D eigenvalue weighted by molar-refractivity contribution is 5.55. The van der Waals surface area contributed by atoms with Crippen molar-refractivity contribution in [1.29, 1.82) is 0 Å². The molecule has 2 rings (SSSR count). The number of nitrogens with zero attached hydrogens (tertiary/aromatic N) is 1. The summed E-state index contributed by atoms with van der Waals surface area (Å²) >= 11 is 0. The van der Waals surface area contributed by atoms with Gasteiger partial charge in [-0.1, -0.05) is 31.5 Å². The molecule has 2 heteroatoms. The number of hydrogen-bond acceptors (Lipinski definition) is 2. The lowest BCUT2D eigenvalue weighted by molar-refractivity contribution is 0.433. The SMILES string of the molecule is CCCC1CCCCN1c1ccccc1CC(C)N. The Morgan fingerprint density at radius 1 is 1.32 bits per heavy atom. The highest BCUT2D eigenvalue weighted by atomic mass is 15.2. The zero-order chi connectivity index (χ0) is 13.7. The first kappa shape index (κ1) is 14.4. The van der Waals surface area contributed by atoms with Gasteiger partial charge in [-0.25, -0.2) is 0 Å². The van der Waals surface area contributed by atoms with Gasteiger partial charge in [-0.3, -0.25) is 0 Å². The Balaban J connectivity index is 2.22. The van der Waals surface area contributed by atoms with Crippen LogP contribution in [-0.4, -0.2) is 18.6 Å². The van der Waals surface area contributed by atoms with E-state index in [1.165, 1.54) is 49.9 Å². The van der Waals surface area contributed by atoms with Gasteiger partial charge in [-0.05, 0) is 50.7 Å². The first-order chi connectivity index (χ1) is 9.22. The molecule has 1 heterocycles. The lowest BCUT2D eigenvalue weighted by Crippen LogP contribution is -2.40. The second kappa shape index (κ2) is 6.95. The average molecular weight is 260 g/mol. The van der Waals surface area contributed by atoms with Gasteiger partial charge in [0, 0.05) is 24.3 Å². The molecule has 2 nitrogen and oxygen atoms in total. The van der Waals surface area contributed by atoms with Gasteiger partial charge in [0.25, 0.3) is 0 Å². The molecule has 0 radical (unpaired) electrons. The average Bonchev–Trinajstić information content (AvgIpc) is 2.40. The summed E-state index contributed by atoms with van der Waals surface area (Å²) in [4.78, 5) is 2.64. The van der Waals surface area contributed by atoms with Gasteiger partial charge in [-0.2, -0.15) is 0 Å². The highest BCUT2D eigenvalue weighted by Crippen LogP contribution is 2.30. The molecule has 0 aliphatic carbocycles. The molecule has 1 aliphatic heterocycles. The standard InChI is InChI=1S/C17H28N2/c1-3-8-16-10-6-7-12-19(16)17-11-5-4-9-15(17)13-14(2)18/h4-5,9,11,14,16H,3,6-8,10,12-13,18H2,1-2H3. The summed E-state index contributed by atoms with van der Waals surface area (Å²) in [6.45, 7) is 5.60. The molecular formula is C17H28N2. The summed E-state index contributed by atoms with van der Waals surface area (Å²) in [7, 11) is 0. The van der Waals surface area contributed by atoms with Crippen molar-refractivity contribution in [3.05, 3.63) is 29.8 Å². The number of benzene rings is 1. The zero-order valence-corrected chi connectivity index (χ0v) is 12.4. The zero-order valence-electron chi connectivity index (χ0n) is 12.4. The van der Waals surface area contributed by atoms with E-state index in [1.54, 1.807) is 0 Å². The highest BCUT2D eigenvalue weighted by Gasteiger charge is 2.23. The van der Waals surface area contributed by atoms with Gasteiger partial charge in [0.15, 0.2) is 0 Å². The second-order valence-electron chi connectivity index (χ2n) is 5.94. The van der Waals surface area contributed by atoms with E-state index in [1.807, 2.05) is 0 Å². The number of para-hydroxylation sites is 1. The Bertz CT molecular complexity index is 385. The van der Waals surface area contributed by atoms with Crippen molar-refractivity contribution in [3.63, 3.8) is 0 Å². The van der Waals surface area contributed by atoms with Gasteiger partial charge in [0.05, 0.1) is 0 Å². The molecule has 2 N–H and O–H groups in total. The summed E-state index contributed by atoms with van der Waals surface area (Å²) in [6, 6.07) is 9.79. The van der Waals surface area contributed by atoms with Gasteiger partial charge in [0.2, 0.25) is 0 Å². The minimum Gasteiger partial charge on any atom is -0.368 e. The van der Waals surface area contributed by atoms with Gasteiger partial charge >= 0.3 is 0 Å². The lowest BCUT2D eigenvalue weighted by atomic mass is 9.95. The summed E-state index contributed by atoms with van der Waals surface area (Å²) in [5, 5.41) is 0. The van der Waals surface area contributed by atoms with Crippen LogP contribution in [0.4, 0.5) is 5.69 Å². The molecule has 106 valence electrons. The molecule has 2 atom stereocenters. The first-order valence-electron chi connectivity index (χ1n) is 7.82.